The van der Waals surface area contributed by atoms with E-state index in [1.165, 1.54) is 0 Å². The van der Waals surface area contributed by atoms with Gasteiger partial charge < -0.3 is 15.2 Å². The molecule has 1 aliphatic rings. The maximum Gasteiger partial charge on any atom is 0.127 e. The highest BCUT2D eigenvalue weighted by atomic mass is 35.5. The molecule has 2 rings (SSSR count). The lowest BCUT2D eigenvalue weighted by molar-refractivity contribution is 0.152. The molecule has 0 amide bonds. The molecule has 1 aromatic rings. The summed E-state index contributed by atoms with van der Waals surface area (Å²) in [6, 6.07) is 5.04. The number of alkyl halides is 1. The molecule has 0 aromatic heterocycles. The normalized spacial score (nSPS) is 17.3. The van der Waals surface area contributed by atoms with E-state index in [2.05, 4.69) is 10.2 Å². The number of nitrogens with zero attached hydrogens (tertiary/aromatic N) is 1. The first-order valence-electron chi connectivity index (χ1n) is 6.64. The summed E-state index contributed by atoms with van der Waals surface area (Å²) < 4.78 is 18.2. The van der Waals surface area contributed by atoms with Crippen LogP contribution in [0.1, 0.15) is 18.0 Å². The molecular formula is C14H22ClFN2O2. The van der Waals surface area contributed by atoms with Crippen molar-refractivity contribution in [3.8, 4) is 11.5 Å². The molecule has 114 valence electrons. The minimum Gasteiger partial charge on any atom is -0.507 e. The van der Waals surface area contributed by atoms with Crippen LogP contribution in [0.5, 0.6) is 11.5 Å². The molecular weight excluding hydrogens is 283 g/mol. The Hall–Kier alpha value is -1.04. The van der Waals surface area contributed by atoms with Gasteiger partial charge in [0.1, 0.15) is 11.5 Å². The van der Waals surface area contributed by atoms with E-state index in [0.717, 1.165) is 26.2 Å². The number of benzene rings is 1. The second kappa shape index (κ2) is 8.29. The molecule has 1 heterocycles. The van der Waals surface area contributed by atoms with Crippen molar-refractivity contribution < 1.29 is 14.2 Å². The molecule has 2 N–H and O–H groups in total. The van der Waals surface area contributed by atoms with Crippen LogP contribution < -0.4 is 10.1 Å². The quantitative estimate of drug-likeness (QED) is 0.875. The Bertz CT molecular complexity index is 414. The first kappa shape index (κ1) is 17.0. The zero-order valence-corrected chi connectivity index (χ0v) is 12.5. The molecule has 0 bridgehead atoms. The van der Waals surface area contributed by atoms with Gasteiger partial charge in [-0.2, -0.15) is 0 Å². The number of phenolic OH excluding ortho intramolecular Hbond substituents is 1. The average Bonchev–Trinajstić information content (AvgIpc) is 2.46. The largest absolute Gasteiger partial charge is 0.507 e. The smallest absolute Gasteiger partial charge is 0.127 e. The number of aromatic hydroxyl groups is 1. The lowest BCUT2D eigenvalue weighted by Crippen LogP contribution is -2.45. The van der Waals surface area contributed by atoms with E-state index < -0.39 is 6.67 Å². The Balaban J connectivity index is 0.00000200. The monoisotopic (exact) mass is 304 g/mol. The SMILES string of the molecule is COc1cccc(O)c1[C@@H](CCF)N1CCNCC1.Cl. The maximum atomic E-state index is 12.9. The summed E-state index contributed by atoms with van der Waals surface area (Å²) in [4.78, 5) is 2.20. The van der Waals surface area contributed by atoms with E-state index in [0.29, 0.717) is 17.7 Å². The number of hydrogen-bond acceptors (Lipinski definition) is 4. The predicted octanol–water partition coefficient (Wildman–Crippen LogP) is 2.13. The molecule has 0 radical (unpaired) electrons. The van der Waals surface area contributed by atoms with Crippen molar-refractivity contribution in [2.45, 2.75) is 12.5 Å². The number of piperazine rings is 1. The highest BCUT2D eigenvalue weighted by Crippen LogP contribution is 2.38. The lowest BCUT2D eigenvalue weighted by atomic mass is 9.99. The van der Waals surface area contributed by atoms with Crippen LogP contribution in [0.15, 0.2) is 18.2 Å². The summed E-state index contributed by atoms with van der Waals surface area (Å²) in [6.07, 6.45) is 0.369. The van der Waals surface area contributed by atoms with Crippen molar-refractivity contribution in [2.75, 3.05) is 40.0 Å². The number of halogens is 2. The first-order chi connectivity index (χ1) is 9.27. The van der Waals surface area contributed by atoms with E-state index in [1.807, 2.05) is 6.07 Å². The number of rotatable bonds is 5. The van der Waals surface area contributed by atoms with Gasteiger partial charge in [0.05, 0.1) is 19.3 Å². The van der Waals surface area contributed by atoms with Crippen molar-refractivity contribution in [2.24, 2.45) is 0 Å². The molecule has 1 saturated heterocycles. The van der Waals surface area contributed by atoms with Crippen molar-refractivity contribution >= 4 is 12.4 Å². The van der Waals surface area contributed by atoms with E-state index in [-0.39, 0.29) is 24.2 Å². The maximum absolute atomic E-state index is 12.9. The Morgan fingerprint density at radius 2 is 2.10 bits per heavy atom. The Morgan fingerprint density at radius 3 is 2.70 bits per heavy atom. The number of phenols is 1. The van der Waals surface area contributed by atoms with Gasteiger partial charge in [-0.25, -0.2) is 0 Å². The molecule has 0 spiro atoms. The molecule has 1 aromatic carbocycles. The molecule has 0 saturated carbocycles. The average molecular weight is 305 g/mol. The van der Waals surface area contributed by atoms with Gasteiger partial charge in [0.25, 0.3) is 0 Å². The summed E-state index contributed by atoms with van der Waals surface area (Å²) in [5, 5.41) is 13.4. The van der Waals surface area contributed by atoms with Crippen LogP contribution in [0.3, 0.4) is 0 Å². The van der Waals surface area contributed by atoms with Crippen molar-refractivity contribution in [3.05, 3.63) is 23.8 Å². The molecule has 20 heavy (non-hydrogen) atoms. The van der Waals surface area contributed by atoms with Crippen LogP contribution in [-0.2, 0) is 0 Å². The van der Waals surface area contributed by atoms with Gasteiger partial charge in [-0.3, -0.25) is 9.29 Å². The van der Waals surface area contributed by atoms with Gasteiger partial charge >= 0.3 is 0 Å². The lowest BCUT2D eigenvalue weighted by Gasteiger charge is -2.35. The number of ether oxygens (including phenoxy) is 1. The third-order valence-corrected chi connectivity index (χ3v) is 3.57. The van der Waals surface area contributed by atoms with Crippen LogP contribution in [0.4, 0.5) is 4.39 Å². The van der Waals surface area contributed by atoms with Crippen molar-refractivity contribution in [3.63, 3.8) is 0 Å². The highest BCUT2D eigenvalue weighted by Gasteiger charge is 2.27. The number of hydrogen-bond donors (Lipinski definition) is 2. The third-order valence-electron chi connectivity index (χ3n) is 3.57. The fourth-order valence-electron chi connectivity index (χ4n) is 2.65. The topological polar surface area (TPSA) is 44.7 Å². The molecule has 0 unspecified atom stereocenters. The van der Waals surface area contributed by atoms with Gasteiger partial charge in [-0.05, 0) is 18.6 Å². The van der Waals surface area contributed by atoms with E-state index >= 15 is 0 Å². The molecule has 1 atom stereocenters. The highest BCUT2D eigenvalue weighted by molar-refractivity contribution is 5.85. The zero-order valence-electron chi connectivity index (χ0n) is 11.6. The second-order valence-electron chi connectivity index (χ2n) is 4.67. The van der Waals surface area contributed by atoms with Crippen LogP contribution in [-0.4, -0.2) is 50.0 Å². The van der Waals surface area contributed by atoms with Crippen LogP contribution in [0.2, 0.25) is 0 Å². The molecule has 0 aliphatic carbocycles. The summed E-state index contributed by atoms with van der Waals surface area (Å²) in [7, 11) is 1.57. The van der Waals surface area contributed by atoms with Gasteiger partial charge in [0.15, 0.2) is 0 Å². The molecule has 4 nitrogen and oxygen atoms in total. The fourth-order valence-corrected chi connectivity index (χ4v) is 2.65. The minimum absolute atomic E-state index is 0. The van der Waals surface area contributed by atoms with Gasteiger partial charge in [-0.1, -0.05) is 6.07 Å². The van der Waals surface area contributed by atoms with Crippen molar-refractivity contribution in [1.29, 1.82) is 0 Å². The fraction of sp³-hybridized carbons (Fsp3) is 0.571. The van der Waals surface area contributed by atoms with E-state index in [4.69, 9.17) is 4.74 Å². The van der Waals surface area contributed by atoms with E-state index in [9.17, 15) is 9.50 Å². The third kappa shape index (κ3) is 3.75. The Kier molecular flexibility index (Phi) is 7.05. The van der Waals surface area contributed by atoms with Crippen molar-refractivity contribution in [1.82, 2.24) is 10.2 Å². The first-order valence-corrected chi connectivity index (χ1v) is 6.64. The Morgan fingerprint density at radius 1 is 1.40 bits per heavy atom. The van der Waals surface area contributed by atoms with Gasteiger partial charge in [0.2, 0.25) is 0 Å². The van der Waals surface area contributed by atoms with Crippen LogP contribution in [0, 0.1) is 0 Å². The summed E-state index contributed by atoms with van der Waals surface area (Å²) in [5.74, 6) is 0.799. The zero-order chi connectivity index (χ0) is 13.7. The van der Waals surface area contributed by atoms with Crippen LogP contribution >= 0.6 is 12.4 Å². The summed E-state index contributed by atoms with van der Waals surface area (Å²) in [6.45, 7) is 3.06. The predicted molar refractivity (Wildman–Crippen MR) is 79.7 cm³/mol. The standard InChI is InChI=1S/C14H21FN2O2.ClH/c1-19-13-4-2-3-12(18)14(13)11(5-6-15)17-9-7-16-8-10-17;/h2-4,11,16,18H,5-10H2,1H3;1H/t11-;/m1./s1. The molecule has 1 fully saturated rings. The second-order valence-corrected chi connectivity index (χ2v) is 4.67. The molecule has 6 heteroatoms. The minimum atomic E-state index is -0.411. The Labute approximate surface area is 125 Å². The van der Waals surface area contributed by atoms with Gasteiger partial charge in [-0.15, -0.1) is 12.4 Å². The van der Waals surface area contributed by atoms with E-state index in [1.54, 1.807) is 19.2 Å². The number of nitrogens with one attached hydrogen (secondary N) is 1. The molecule has 1 aliphatic heterocycles. The van der Waals surface area contributed by atoms with Gasteiger partial charge in [0, 0.05) is 32.2 Å². The summed E-state index contributed by atoms with van der Waals surface area (Å²) >= 11 is 0. The summed E-state index contributed by atoms with van der Waals surface area (Å²) in [5.41, 5.74) is 0.699. The van der Waals surface area contributed by atoms with Crippen LogP contribution in [0.25, 0.3) is 0 Å². The number of methoxy groups -OCH3 is 1.